The van der Waals surface area contributed by atoms with Gasteiger partial charge in [-0.2, -0.15) is 10.1 Å². The van der Waals surface area contributed by atoms with Gasteiger partial charge in [0.2, 0.25) is 16.0 Å². The van der Waals surface area contributed by atoms with Crippen LogP contribution >= 0.6 is 15.9 Å². The maximum absolute atomic E-state index is 14.3. The number of aromatic nitrogens is 6. The van der Waals surface area contributed by atoms with Crippen LogP contribution in [0.3, 0.4) is 0 Å². The van der Waals surface area contributed by atoms with Crippen LogP contribution in [0.5, 0.6) is 5.75 Å². The number of halogens is 2. The van der Waals surface area contributed by atoms with Gasteiger partial charge < -0.3 is 20.3 Å². The van der Waals surface area contributed by atoms with E-state index in [2.05, 4.69) is 61.2 Å². The fourth-order valence-electron chi connectivity index (χ4n) is 5.49. The van der Waals surface area contributed by atoms with Crippen molar-refractivity contribution in [3.63, 3.8) is 0 Å². The van der Waals surface area contributed by atoms with Gasteiger partial charge in [0.05, 0.1) is 52.2 Å². The van der Waals surface area contributed by atoms with Gasteiger partial charge in [-0.05, 0) is 48.0 Å². The Morgan fingerprint density at radius 3 is 2.59 bits per heavy atom. The number of nitrogens with one attached hydrogen (secondary N) is 3. The minimum atomic E-state index is -3.65. The molecule has 13 nitrogen and oxygen atoms in total. The third kappa shape index (κ3) is 6.01. The molecule has 2 aromatic carbocycles. The number of aryl methyl sites for hydroxylation is 1. The highest BCUT2D eigenvalue weighted by atomic mass is 79.9. The number of hydrogen-bond acceptors (Lipinski definition) is 11. The molecular weight excluding hydrogens is 679 g/mol. The number of rotatable bonds is 9. The van der Waals surface area contributed by atoms with Crippen LogP contribution in [0.15, 0.2) is 53.5 Å². The zero-order chi connectivity index (χ0) is 32.8. The zero-order valence-corrected chi connectivity index (χ0v) is 28.2. The van der Waals surface area contributed by atoms with Crippen LogP contribution in [0.2, 0.25) is 0 Å². The number of anilines is 6. The summed E-state index contributed by atoms with van der Waals surface area (Å²) < 4.78 is 49.5. The lowest BCUT2D eigenvalue weighted by atomic mass is 9.99. The Balaban J connectivity index is 1.41. The summed E-state index contributed by atoms with van der Waals surface area (Å²) in [6, 6.07) is 7.26. The molecule has 4 heterocycles. The van der Waals surface area contributed by atoms with Crippen molar-refractivity contribution in [2.75, 3.05) is 46.8 Å². The van der Waals surface area contributed by atoms with E-state index in [9.17, 15) is 12.8 Å². The summed E-state index contributed by atoms with van der Waals surface area (Å²) >= 11 is 3.50. The molecule has 46 heavy (non-hydrogen) atoms. The summed E-state index contributed by atoms with van der Waals surface area (Å²) in [5.74, 6) is 1.11. The predicted octanol–water partition coefficient (Wildman–Crippen LogP) is 5.56. The van der Waals surface area contributed by atoms with Crippen molar-refractivity contribution in [2.24, 2.45) is 7.05 Å². The Morgan fingerprint density at radius 2 is 1.85 bits per heavy atom. The van der Waals surface area contributed by atoms with E-state index < -0.39 is 22.2 Å². The molecule has 0 spiro atoms. The second-order valence-electron chi connectivity index (χ2n) is 11.5. The SMILES string of the molecule is COc1cc2c(cc1Nc1ncc(Br)c(Nc3ccc4nccnc4c3NS(C)(=O)=O)n1)-c1cnn(C)c1CCN2C(C)(C)CF. The van der Waals surface area contributed by atoms with E-state index >= 15 is 0 Å². The van der Waals surface area contributed by atoms with Crippen LogP contribution in [0, 0.1) is 0 Å². The first-order valence-electron chi connectivity index (χ1n) is 14.2. The van der Waals surface area contributed by atoms with Gasteiger partial charge >= 0.3 is 0 Å². The molecule has 3 N–H and O–H groups in total. The minimum absolute atomic E-state index is 0.230. The van der Waals surface area contributed by atoms with Crippen LogP contribution in [0.4, 0.5) is 38.9 Å². The summed E-state index contributed by atoms with van der Waals surface area (Å²) in [7, 11) is -0.183. The van der Waals surface area contributed by atoms with Crippen LogP contribution in [-0.4, -0.2) is 70.3 Å². The summed E-state index contributed by atoms with van der Waals surface area (Å²) in [6.07, 6.45) is 8.17. The second-order valence-corrected chi connectivity index (χ2v) is 14.1. The minimum Gasteiger partial charge on any atom is -0.494 e. The van der Waals surface area contributed by atoms with Crippen molar-refractivity contribution in [1.82, 2.24) is 29.7 Å². The number of methoxy groups -OCH3 is 1. The Hall–Kier alpha value is -4.57. The third-order valence-electron chi connectivity index (χ3n) is 7.76. The number of sulfonamides is 1. The maximum Gasteiger partial charge on any atom is 0.229 e. The summed E-state index contributed by atoms with van der Waals surface area (Å²) in [6.45, 7) is 3.84. The van der Waals surface area contributed by atoms with Crippen molar-refractivity contribution in [2.45, 2.75) is 25.8 Å². The zero-order valence-electron chi connectivity index (χ0n) is 25.8. The fraction of sp³-hybridized carbons (Fsp3) is 0.300. The Morgan fingerprint density at radius 1 is 1.07 bits per heavy atom. The normalized spacial score (nSPS) is 13.2. The Kier molecular flexibility index (Phi) is 8.18. The average molecular weight is 712 g/mol. The summed E-state index contributed by atoms with van der Waals surface area (Å²) in [5, 5.41) is 11.0. The predicted molar refractivity (Wildman–Crippen MR) is 181 cm³/mol. The standard InChI is InChI=1S/C30H32BrFN10O3S/c1-30(2,16-32)42-11-8-23-18(14-36-41(23)3)17-12-22(25(45-4)13-24(17)42)38-29-35-15-19(31)28(39-29)37-21-7-6-20-26(34-10-9-33-20)27(21)40-46(5,43)44/h6-7,9-10,12-15,40H,8,11,16H2,1-5H3,(H2,35,37,38,39). The molecule has 0 saturated heterocycles. The van der Waals surface area contributed by atoms with Crippen molar-refractivity contribution < 1.29 is 17.5 Å². The van der Waals surface area contributed by atoms with Crippen LogP contribution in [-0.2, 0) is 23.5 Å². The van der Waals surface area contributed by atoms with Gasteiger partial charge in [-0.1, -0.05) is 0 Å². The van der Waals surface area contributed by atoms with Gasteiger partial charge in [0.25, 0.3) is 0 Å². The molecule has 1 aliphatic rings. The molecule has 0 unspecified atom stereocenters. The summed E-state index contributed by atoms with van der Waals surface area (Å²) in [4.78, 5) is 19.8. The van der Waals surface area contributed by atoms with Crippen LogP contribution in [0.25, 0.3) is 22.2 Å². The van der Waals surface area contributed by atoms with Crippen molar-refractivity contribution >= 4 is 71.5 Å². The number of nitrogens with zero attached hydrogens (tertiary/aromatic N) is 7. The molecule has 3 aromatic heterocycles. The number of ether oxygens (including phenoxy) is 1. The van der Waals surface area contributed by atoms with Crippen molar-refractivity contribution in [1.29, 1.82) is 0 Å². The molecule has 0 radical (unpaired) electrons. The molecule has 0 bridgehead atoms. The molecule has 0 fully saturated rings. The molecular formula is C30H32BrFN10O3S. The Labute approximate surface area is 273 Å². The van der Waals surface area contributed by atoms with Crippen LogP contribution in [0.1, 0.15) is 19.5 Å². The lowest BCUT2D eigenvalue weighted by Crippen LogP contribution is -2.47. The van der Waals surface area contributed by atoms with E-state index in [0.717, 1.165) is 28.8 Å². The first-order chi connectivity index (χ1) is 21.9. The number of fused-ring (bicyclic) bond motifs is 4. The van der Waals surface area contributed by atoms with E-state index in [4.69, 9.17) is 4.74 Å². The van der Waals surface area contributed by atoms with E-state index in [1.54, 1.807) is 25.4 Å². The molecule has 0 aliphatic carbocycles. The summed E-state index contributed by atoms with van der Waals surface area (Å²) in [5.41, 5.74) is 5.06. The van der Waals surface area contributed by atoms with Gasteiger partial charge in [-0.15, -0.1) is 0 Å². The molecule has 240 valence electrons. The molecule has 5 aromatic rings. The molecule has 1 aliphatic heterocycles. The van der Waals surface area contributed by atoms with Gasteiger partial charge in [0.15, 0.2) is 0 Å². The Bertz CT molecular complexity index is 2070. The quantitative estimate of drug-likeness (QED) is 0.176. The highest BCUT2D eigenvalue weighted by Crippen LogP contribution is 2.45. The van der Waals surface area contributed by atoms with Crippen molar-refractivity contribution in [3.8, 4) is 16.9 Å². The maximum atomic E-state index is 14.3. The molecule has 16 heteroatoms. The molecule has 0 atom stereocenters. The lowest BCUT2D eigenvalue weighted by molar-refractivity contribution is 0.329. The van der Waals surface area contributed by atoms with Crippen LogP contribution < -0.4 is 25.0 Å². The average Bonchev–Trinajstić information content (AvgIpc) is 3.30. The second kappa shape index (κ2) is 12.0. The highest BCUT2D eigenvalue weighted by Gasteiger charge is 2.33. The number of hydrogen-bond donors (Lipinski definition) is 3. The van der Waals surface area contributed by atoms with Gasteiger partial charge in [-0.3, -0.25) is 19.4 Å². The monoisotopic (exact) mass is 710 g/mol. The first kappa shape index (κ1) is 31.4. The lowest BCUT2D eigenvalue weighted by Gasteiger charge is -2.39. The van der Waals surface area contributed by atoms with E-state index in [1.165, 1.54) is 12.4 Å². The topological polar surface area (TPSA) is 152 Å². The molecule has 0 saturated carbocycles. The van der Waals surface area contributed by atoms with E-state index in [0.29, 0.717) is 51.4 Å². The third-order valence-corrected chi connectivity index (χ3v) is 8.92. The van der Waals surface area contributed by atoms with Crippen molar-refractivity contribution in [3.05, 3.63) is 59.2 Å². The molecule has 0 amide bonds. The largest absolute Gasteiger partial charge is 0.494 e. The van der Waals surface area contributed by atoms with Gasteiger partial charge in [0, 0.05) is 67.2 Å². The number of benzene rings is 2. The highest BCUT2D eigenvalue weighted by molar-refractivity contribution is 9.10. The smallest absolute Gasteiger partial charge is 0.229 e. The van der Waals surface area contributed by atoms with Gasteiger partial charge in [-0.25, -0.2) is 17.8 Å². The fourth-order valence-corrected chi connectivity index (χ4v) is 6.36. The number of alkyl halides is 1. The first-order valence-corrected chi connectivity index (χ1v) is 16.9. The van der Waals surface area contributed by atoms with E-state index in [1.807, 2.05) is 43.9 Å². The van der Waals surface area contributed by atoms with Gasteiger partial charge in [0.1, 0.15) is 23.8 Å². The van der Waals surface area contributed by atoms with E-state index in [-0.39, 0.29) is 11.6 Å². The molecule has 6 rings (SSSR count).